The number of ether oxygens (including phenoxy) is 1. The Morgan fingerprint density at radius 1 is 1.07 bits per heavy atom. The molecular weight excluding hydrogens is 382 g/mol. The summed E-state index contributed by atoms with van der Waals surface area (Å²) in [4.78, 5) is 26.6. The van der Waals surface area contributed by atoms with Crippen molar-refractivity contribution in [3.8, 4) is 0 Å². The number of rotatable bonds is 9. The van der Waals surface area contributed by atoms with E-state index in [2.05, 4.69) is 20.6 Å². The van der Waals surface area contributed by atoms with Gasteiger partial charge in [0.2, 0.25) is 11.8 Å². The molecule has 2 aromatic rings. The van der Waals surface area contributed by atoms with Crippen LogP contribution in [0, 0.1) is 13.8 Å². The molecule has 1 saturated heterocycles. The molecular formula is C22H31N5O3. The fourth-order valence-electron chi connectivity index (χ4n) is 3.46. The second-order valence-corrected chi connectivity index (χ2v) is 7.63. The van der Waals surface area contributed by atoms with Crippen molar-refractivity contribution in [3.05, 3.63) is 47.3 Å². The molecule has 1 aromatic heterocycles. The summed E-state index contributed by atoms with van der Waals surface area (Å²) in [5.41, 5.74) is 3.70. The summed E-state index contributed by atoms with van der Waals surface area (Å²) in [6.07, 6.45) is 0.827. The van der Waals surface area contributed by atoms with Crippen LogP contribution in [0.25, 0.3) is 0 Å². The van der Waals surface area contributed by atoms with E-state index >= 15 is 0 Å². The monoisotopic (exact) mass is 413 g/mol. The molecule has 0 bridgehead atoms. The molecule has 0 saturated carbocycles. The fourth-order valence-corrected chi connectivity index (χ4v) is 3.46. The van der Waals surface area contributed by atoms with Crippen molar-refractivity contribution in [2.75, 3.05) is 38.2 Å². The molecule has 2 N–H and O–H groups in total. The Morgan fingerprint density at radius 3 is 2.57 bits per heavy atom. The predicted octanol–water partition coefficient (Wildman–Crippen LogP) is 1.87. The highest BCUT2D eigenvalue weighted by Crippen LogP contribution is 2.11. The van der Waals surface area contributed by atoms with Gasteiger partial charge < -0.3 is 15.4 Å². The second kappa shape index (κ2) is 10.9. The van der Waals surface area contributed by atoms with Crippen LogP contribution in [-0.4, -0.2) is 59.3 Å². The van der Waals surface area contributed by atoms with E-state index in [1.54, 1.807) is 0 Å². The second-order valence-electron chi connectivity index (χ2n) is 7.63. The summed E-state index contributed by atoms with van der Waals surface area (Å²) in [6, 6.07) is 9.58. The van der Waals surface area contributed by atoms with E-state index in [0.717, 1.165) is 55.5 Å². The Labute approximate surface area is 177 Å². The maximum Gasteiger partial charge on any atom is 0.225 e. The average molecular weight is 414 g/mol. The Kier molecular flexibility index (Phi) is 7.98. The van der Waals surface area contributed by atoms with Crippen molar-refractivity contribution in [2.24, 2.45) is 0 Å². The number of hydrogen-bond acceptors (Lipinski definition) is 5. The summed E-state index contributed by atoms with van der Waals surface area (Å²) >= 11 is 0. The van der Waals surface area contributed by atoms with Crippen LogP contribution in [0.15, 0.2) is 30.3 Å². The first-order chi connectivity index (χ1) is 14.5. The first-order valence-electron chi connectivity index (χ1n) is 10.5. The van der Waals surface area contributed by atoms with Gasteiger partial charge in [-0.15, -0.1) is 0 Å². The van der Waals surface area contributed by atoms with Gasteiger partial charge in [-0.1, -0.05) is 12.1 Å². The number of anilines is 1. The minimum Gasteiger partial charge on any atom is -0.379 e. The Bertz CT molecular complexity index is 858. The van der Waals surface area contributed by atoms with Gasteiger partial charge in [0.1, 0.15) is 0 Å². The van der Waals surface area contributed by atoms with E-state index in [4.69, 9.17) is 4.74 Å². The van der Waals surface area contributed by atoms with Crippen LogP contribution in [0.3, 0.4) is 0 Å². The smallest absolute Gasteiger partial charge is 0.225 e. The molecule has 1 aliphatic rings. The minimum absolute atomic E-state index is 0.00689. The van der Waals surface area contributed by atoms with Gasteiger partial charge in [-0.05, 0) is 37.6 Å². The number of nitrogens with zero attached hydrogens (tertiary/aromatic N) is 3. The number of nitrogens with one attached hydrogen (secondary N) is 2. The summed E-state index contributed by atoms with van der Waals surface area (Å²) in [6.45, 7) is 8.87. The molecule has 0 unspecified atom stereocenters. The van der Waals surface area contributed by atoms with Crippen molar-refractivity contribution in [3.63, 3.8) is 0 Å². The molecule has 8 nitrogen and oxygen atoms in total. The third-order valence-electron chi connectivity index (χ3n) is 5.11. The Morgan fingerprint density at radius 2 is 1.83 bits per heavy atom. The Hall–Kier alpha value is -2.71. The number of aryl methyl sites for hydroxylation is 3. The third kappa shape index (κ3) is 6.96. The van der Waals surface area contributed by atoms with Gasteiger partial charge in [0.05, 0.1) is 18.9 Å². The lowest BCUT2D eigenvalue weighted by molar-refractivity contribution is -0.121. The molecule has 8 heteroatoms. The van der Waals surface area contributed by atoms with Crippen molar-refractivity contribution < 1.29 is 14.3 Å². The number of carbonyl (C=O) groups excluding carboxylic acids is 2. The lowest BCUT2D eigenvalue weighted by Crippen LogP contribution is -2.38. The molecule has 1 aromatic carbocycles. The van der Waals surface area contributed by atoms with Crippen molar-refractivity contribution in [2.45, 2.75) is 39.8 Å². The molecule has 0 aliphatic carbocycles. The van der Waals surface area contributed by atoms with Gasteiger partial charge in [-0.25, -0.2) is 0 Å². The van der Waals surface area contributed by atoms with Crippen LogP contribution in [0.1, 0.15) is 29.8 Å². The molecule has 3 rings (SSSR count). The topological polar surface area (TPSA) is 88.5 Å². The molecule has 30 heavy (non-hydrogen) atoms. The number of benzene rings is 1. The van der Waals surface area contributed by atoms with Crippen LogP contribution < -0.4 is 10.6 Å². The van der Waals surface area contributed by atoms with E-state index in [1.807, 2.05) is 48.9 Å². The molecule has 1 fully saturated rings. The number of hydrogen-bond donors (Lipinski definition) is 2. The maximum absolute atomic E-state index is 12.2. The van der Waals surface area contributed by atoms with Crippen LogP contribution in [0.5, 0.6) is 0 Å². The molecule has 0 radical (unpaired) electrons. The summed E-state index contributed by atoms with van der Waals surface area (Å²) in [7, 11) is 0. The summed E-state index contributed by atoms with van der Waals surface area (Å²) in [5.74, 6) is -0.0323. The molecule has 0 atom stereocenters. The van der Waals surface area contributed by atoms with Gasteiger partial charge in [-0.3, -0.25) is 19.2 Å². The highest BCUT2D eigenvalue weighted by Gasteiger charge is 2.12. The van der Waals surface area contributed by atoms with E-state index < -0.39 is 0 Å². The van der Waals surface area contributed by atoms with Gasteiger partial charge in [0.15, 0.2) is 0 Å². The summed E-state index contributed by atoms with van der Waals surface area (Å²) in [5, 5.41) is 10.2. The SMILES string of the molecule is Cc1cc(C)n(CCC(=O)NCc2cccc(NC(=O)CCN3CCOCC3)c2)n1. The highest BCUT2D eigenvalue weighted by molar-refractivity contribution is 5.90. The standard InChI is InChI=1S/C22H31N5O3/c1-17-14-18(2)27(25-17)9-7-21(28)23-16-19-4-3-5-20(15-19)24-22(29)6-8-26-10-12-30-13-11-26/h3-5,14-15H,6-13,16H2,1-2H3,(H,23,28)(H,24,29). The first kappa shape index (κ1) is 22.0. The summed E-state index contributed by atoms with van der Waals surface area (Å²) < 4.78 is 7.17. The molecule has 162 valence electrons. The maximum atomic E-state index is 12.2. The molecule has 1 aliphatic heterocycles. The zero-order valence-electron chi connectivity index (χ0n) is 17.8. The van der Waals surface area contributed by atoms with E-state index in [1.165, 1.54) is 0 Å². The van der Waals surface area contributed by atoms with Crippen LogP contribution in [0.4, 0.5) is 5.69 Å². The van der Waals surface area contributed by atoms with E-state index in [-0.39, 0.29) is 11.8 Å². The van der Waals surface area contributed by atoms with Crippen molar-refractivity contribution >= 4 is 17.5 Å². The number of aromatic nitrogens is 2. The average Bonchev–Trinajstić information content (AvgIpc) is 3.07. The van der Waals surface area contributed by atoms with Gasteiger partial charge in [0, 0.05) is 56.9 Å². The third-order valence-corrected chi connectivity index (χ3v) is 5.11. The minimum atomic E-state index is -0.0255. The quantitative estimate of drug-likeness (QED) is 0.655. The zero-order chi connectivity index (χ0) is 21.3. The van der Waals surface area contributed by atoms with Crippen LogP contribution in [0.2, 0.25) is 0 Å². The lowest BCUT2D eigenvalue weighted by Gasteiger charge is -2.26. The highest BCUT2D eigenvalue weighted by atomic mass is 16.5. The van der Waals surface area contributed by atoms with Gasteiger partial charge in [0.25, 0.3) is 0 Å². The predicted molar refractivity (Wildman–Crippen MR) is 115 cm³/mol. The van der Waals surface area contributed by atoms with E-state index in [0.29, 0.717) is 25.9 Å². The van der Waals surface area contributed by atoms with E-state index in [9.17, 15) is 9.59 Å². The van der Waals surface area contributed by atoms with Gasteiger partial charge >= 0.3 is 0 Å². The first-order valence-corrected chi connectivity index (χ1v) is 10.5. The molecule has 2 heterocycles. The number of morpholine rings is 1. The zero-order valence-corrected chi connectivity index (χ0v) is 17.8. The fraction of sp³-hybridized carbons (Fsp3) is 0.500. The van der Waals surface area contributed by atoms with Crippen LogP contribution in [-0.2, 0) is 27.4 Å². The largest absolute Gasteiger partial charge is 0.379 e. The number of carbonyl (C=O) groups is 2. The van der Waals surface area contributed by atoms with Crippen molar-refractivity contribution in [1.82, 2.24) is 20.0 Å². The van der Waals surface area contributed by atoms with Crippen LogP contribution >= 0.6 is 0 Å². The Balaban J connectivity index is 1.40. The lowest BCUT2D eigenvalue weighted by atomic mass is 10.2. The van der Waals surface area contributed by atoms with Crippen molar-refractivity contribution in [1.29, 1.82) is 0 Å². The molecule has 2 amide bonds. The van der Waals surface area contributed by atoms with Gasteiger partial charge in [-0.2, -0.15) is 5.10 Å². The molecule has 0 spiro atoms. The normalized spacial score (nSPS) is 14.5. The number of amides is 2.